The van der Waals surface area contributed by atoms with Crippen molar-refractivity contribution in [2.45, 2.75) is 6.54 Å². The van der Waals surface area contributed by atoms with Gasteiger partial charge in [0.2, 0.25) is 0 Å². The van der Waals surface area contributed by atoms with Crippen LogP contribution in [-0.4, -0.2) is 19.4 Å². The van der Waals surface area contributed by atoms with E-state index in [1.54, 1.807) is 12.4 Å². The van der Waals surface area contributed by atoms with Crippen LogP contribution in [0.15, 0.2) is 71.9 Å². The standard InChI is InChI=1S/C18H14BrN5/c19-16-11-22-18-17(21-10-13-5-4-8-20-9-13)23-15(12-24(16)18)14-6-2-1-3-7-14/h1-9,11-12H,10H2,(H,21,23). The van der Waals surface area contributed by atoms with Gasteiger partial charge in [-0.3, -0.25) is 9.38 Å². The second kappa shape index (κ2) is 6.41. The average Bonchev–Trinajstić information content (AvgIpc) is 3.02. The van der Waals surface area contributed by atoms with Crippen LogP contribution in [0.5, 0.6) is 0 Å². The SMILES string of the molecule is Brc1cnc2c(NCc3cccnc3)nc(-c3ccccc3)cn12. The van der Waals surface area contributed by atoms with Crippen LogP contribution in [0.2, 0.25) is 0 Å². The number of fused-ring (bicyclic) bond motifs is 1. The van der Waals surface area contributed by atoms with Gasteiger partial charge in [0.05, 0.1) is 11.9 Å². The Kier molecular flexibility index (Phi) is 3.96. The maximum atomic E-state index is 4.76. The number of halogens is 1. The highest BCUT2D eigenvalue weighted by Gasteiger charge is 2.11. The van der Waals surface area contributed by atoms with Crippen molar-refractivity contribution in [2.75, 3.05) is 5.32 Å². The number of rotatable bonds is 4. The van der Waals surface area contributed by atoms with Crippen LogP contribution >= 0.6 is 15.9 Å². The van der Waals surface area contributed by atoms with E-state index in [1.807, 2.05) is 59.3 Å². The average molecular weight is 380 g/mol. The Bertz CT molecular complexity index is 967. The van der Waals surface area contributed by atoms with E-state index in [2.05, 4.69) is 31.2 Å². The van der Waals surface area contributed by atoms with Crippen LogP contribution in [0.4, 0.5) is 5.82 Å². The summed E-state index contributed by atoms with van der Waals surface area (Å²) in [6.45, 7) is 0.638. The summed E-state index contributed by atoms with van der Waals surface area (Å²) in [6.07, 6.45) is 7.37. The first-order valence-electron chi connectivity index (χ1n) is 7.53. The molecule has 24 heavy (non-hydrogen) atoms. The molecule has 0 saturated carbocycles. The number of imidazole rings is 1. The highest BCUT2D eigenvalue weighted by Crippen LogP contribution is 2.25. The van der Waals surface area contributed by atoms with Gasteiger partial charge >= 0.3 is 0 Å². The fourth-order valence-corrected chi connectivity index (χ4v) is 2.89. The monoisotopic (exact) mass is 379 g/mol. The van der Waals surface area contributed by atoms with E-state index in [0.29, 0.717) is 6.54 Å². The third-order valence-electron chi connectivity index (χ3n) is 3.70. The molecule has 0 bridgehead atoms. The van der Waals surface area contributed by atoms with Gasteiger partial charge in [-0.05, 0) is 27.6 Å². The van der Waals surface area contributed by atoms with Crippen molar-refractivity contribution in [2.24, 2.45) is 0 Å². The predicted molar refractivity (Wildman–Crippen MR) is 97.7 cm³/mol. The van der Waals surface area contributed by atoms with E-state index >= 15 is 0 Å². The fourth-order valence-electron chi connectivity index (χ4n) is 2.51. The van der Waals surface area contributed by atoms with Gasteiger partial charge in [-0.1, -0.05) is 36.4 Å². The number of hydrogen-bond donors (Lipinski definition) is 1. The topological polar surface area (TPSA) is 55.1 Å². The van der Waals surface area contributed by atoms with Gasteiger partial charge in [0, 0.05) is 30.7 Å². The van der Waals surface area contributed by atoms with E-state index in [9.17, 15) is 0 Å². The molecule has 0 fully saturated rings. The van der Waals surface area contributed by atoms with E-state index in [1.165, 1.54) is 0 Å². The van der Waals surface area contributed by atoms with Gasteiger partial charge in [-0.2, -0.15) is 0 Å². The fraction of sp³-hybridized carbons (Fsp3) is 0.0556. The molecule has 0 amide bonds. The number of nitrogens with one attached hydrogen (secondary N) is 1. The minimum atomic E-state index is 0.638. The van der Waals surface area contributed by atoms with Gasteiger partial charge < -0.3 is 5.32 Å². The summed E-state index contributed by atoms with van der Waals surface area (Å²) >= 11 is 3.54. The molecule has 0 aliphatic heterocycles. The molecular formula is C18H14BrN5. The van der Waals surface area contributed by atoms with Crippen molar-refractivity contribution in [1.29, 1.82) is 0 Å². The molecule has 0 aliphatic carbocycles. The summed E-state index contributed by atoms with van der Waals surface area (Å²) in [6, 6.07) is 14.1. The van der Waals surface area contributed by atoms with Gasteiger partial charge in [-0.15, -0.1) is 0 Å². The van der Waals surface area contributed by atoms with Gasteiger partial charge in [-0.25, -0.2) is 9.97 Å². The molecule has 0 atom stereocenters. The molecule has 4 rings (SSSR count). The minimum absolute atomic E-state index is 0.638. The summed E-state index contributed by atoms with van der Waals surface area (Å²) < 4.78 is 2.88. The Morgan fingerprint density at radius 2 is 1.92 bits per heavy atom. The summed E-state index contributed by atoms with van der Waals surface area (Å²) in [5.74, 6) is 0.742. The van der Waals surface area contributed by atoms with Crippen molar-refractivity contribution < 1.29 is 0 Å². The molecule has 0 saturated heterocycles. The van der Waals surface area contributed by atoms with Gasteiger partial charge in [0.25, 0.3) is 0 Å². The maximum absolute atomic E-state index is 4.76. The van der Waals surface area contributed by atoms with Crippen molar-refractivity contribution in [3.8, 4) is 11.3 Å². The van der Waals surface area contributed by atoms with Crippen molar-refractivity contribution in [1.82, 2.24) is 19.4 Å². The van der Waals surface area contributed by atoms with Crippen LogP contribution in [0.25, 0.3) is 16.9 Å². The number of aromatic nitrogens is 4. The minimum Gasteiger partial charge on any atom is -0.363 e. The Labute approximate surface area is 147 Å². The van der Waals surface area contributed by atoms with E-state index < -0.39 is 0 Å². The van der Waals surface area contributed by atoms with Crippen LogP contribution in [0, 0.1) is 0 Å². The van der Waals surface area contributed by atoms with Gasteiger partial charge in [0.15, 0.2) is 11.5 Å². The lowest BCUT2D eigenvalue weighted by Gasteiger charge is -2.10. The molecule has 0 unspecified atom stereocenters. The van der Waals surface area contributed by atoms with Crippen LogP contribution in [0.3, 0.4) is 0 Å². The normalized spacial score (nSPS) is 10.9. The summed E-state index contributed by atoms with van der Waals surface area (Å²) in [4.78, 5) is 13.3. The zero-order valence-corrected chi connectivity index (χ0v) is 14.3. The first kappa shape index (κ1) is 14.8. The van der Waals surface area contributed by atoms with Crippen LogP contribution in [-0.2, 0) is 6.54 Å². The highest BCUT2D eigenvalue weighted by molar-refractivity contribution is 9.10. The Hall–Kier alpha value is -2.73. The molecule has 1 aromatic carbocycles. The molecule has 1 N–H and O–H groups in total. The number of anilines is 1. The Morgan fingerprint density at radius 1 is 1.04 bits per heavy atom. The molecule has 3 aromatic heterocycles. The first-order valence-corrected chi connectivity index (χ1v) is 8.32. The smallest absolute Gasteiger partial charge is 0.181 e. The van der Waals surface area contributed by atoms with Crippen molar-refractivity contribution >= 4 is 27.4 Å². The molecule has 5 nitrogen and oxygen atoms in total. The second-order valence-corrected chi connectivity index (χ2v) is 6.14. The van der Waals surface area contributed by atoms with E-state index in [0.717, 1.165) is 32.9 Å². The zero-order chi connectivity index (χ0) is 16.4. The van der Waals surface area contributed by atoms with Crippen LogP contribution < -0.4 is 5.32 Å². The van der Waals surface area contributed by atoms with E-state index in [4.69, 9.17) is 4.98 Å². The molecule has 6 heteroatoms. The first-order chi connectivity index (χ1) is 11.8. The maximum Gasteiger partial charge on any atom is 0.181 e. The quantitative estimate of drug-likeness (QED) is 0.578. The lowest BCUT2D eigenvalue weighted by Crippen LogP contribution is -2.05. The van der Waals surface area contributed by atoms with Crippen LogP contribution in [0.1, 0.15) is 5.56 Å². The third-order valence-corrected chi connectivity index (χ3v) is 4.29. The predicted octanol–water partition coefficient (Wildman–Crippen LogP) is 4.17. The summed E-state index contributed by atoms with van der Waals surface area (Å²) in [5, 5.41) is 3.37. The van der Waals surface area contributed by atoms with Gasteiger partial charge in [0.1, 0.15) is 4.60 Å². The highest BCUT2D eigenvalue weighted by atomic mass is 79.9. The number of hydrogen-bond acceptors (Lipinski definition) is 4. The second-order valence-electron chi connectivity index (χ2n) is 5.33. The number of pyridine rings is 1. The molecule has 0 aliphatic rings. The molecule has 118 valence electrons. The largest absolute Gasteiger partial charge is 0.363 e. The summed E-state index contributed by atoms with van der Waals surface area (Å²) in [7, 11) is 0. The van der Waals surface area contributed by atoms with E-state index in [-0.39, 0.29) is 0 Å². The lowest BCUT2D eigenvalue weighted by atomic mass is 10.2. The van der Waals surface area contributed by atoms with Crippen molar-refractivity contribution in [3.05, 3.63) is 77.4 Å². The molecule has 0 radical (unpaired) electrons. The molecule has 4 aromatic rings. The zero-order valence-electron chi connectivity index (χ0n) is 12.7. The number of benzene rings is 1. The Morgan fingerprint density at radius 3 is 2.71 bits per heavy atom. The van der Waals surface area contributed by atoms with Crippen molar-refractivity contribution in [3.63, 3.8) is 0 Å². The lowest BCUT2D eigenvalue weighted by molar-refractivity contribution is 1.05. The molecule has 3 heterocycles. The third kappa shape index (κ3) is 2.88. The summed E-state index contributed by atoms with van der Waals surface area (Å²) in [5.41, 5.74) is 3.82. The molecular weight excluding hydrogens is 366 g/mol. The molecule has 0 spiro atoms. The Balaban J connectivity index is 1.76. The number of nitrogens with zero attached hydrogens (tertiary/aromatic N) is 4.